The molecule has 2 atom stereocenters. The summed E-state index contributed by atoms with van der Waals surface area (Å²) >= 11 is 0. The predicted molar refractivity (Wildman–Crippen MR) is 79.4 cm³/mol. The molecule has 0 spiro atoms. The Kier molecular flexibility index (Phi) is 4.46. The Bertz CT molecular complexity index is 329. The summed E-state index contributed by atoms with van der Waals surface area (Å²) in [6.07, 6.45) is 5.76. The maximum Gasteiger partial charge on any atom is 0.226 e. The highest BCUT2D eigenvalue weighted by Gasteiger charge is 2.55. The Morgan fingerprint density at radius 1 is 1.26 bits per heavy atom. The summed E-state index contributed by atoms with van der Waals surface area (Å²) in [5, 5.41) is 6.75. The highest BCUT2D eigenvalue weighted by Crippen LogP contribution is 2.46. The molecule has 0 aromatic carbocycles. The molecule has 0 aromatic rings. The number of piperidine rings is 1. The van der Waals surface area contributed by atoms with E-state index in [4.69, 9.17) is 0 Å². The molecule has 2 aliphatic carbocycles. The Morgan fingerprint density at radius 2 is 1.84 bits per heavy atom. The van der Waals surface area contributed by atoms with Gasteiger partial charge in [0.05, 0.1) is 0 Å². The van der Waals surface area contributed by atoms with Crippen molar-refractivity contribution >= 4 is 18.3 Å². The van der Waals surface area contributed by atoms with E-state index in [-0.39, 0.29) is 17.8 Å². The number of carbonyl (C=O) groups is 1. The Balaban J connectivity index is 0.00000133. The zero-order valence-corrected chi connectivity index (χ0v) is 12.9. The van der Waals surface area contributed by atoms with Gasteiger partial charge in [0, 0.05) is 24.5 Å². The van der Waals surface area contributed by atoms with Gasteiger partial charge < -0.3 is 10.6 Å². The molecule has 0 bridgehead atoms. The molecule has 110 valence electrons. The molecule has 19 heavy (non-hydrogen) atoms. The van der Waals surface area contributed by atoms with E-state index in [2.05, 4.69) is 24.5 Å². The number of nitrogens with one attached hydrogen (secondary N) is 2. The molecular formula is C15H27ClN2O. The first-order valence-corrected chi connectivity index (χ1v) is 7.64. The topological polar surface area (TPSA) is 41.1 Å². The quantitative estimate of drug-likeness (QED) is 0.833. The van der Waals surface area contributed by atoms with Gasteiger partial charge in [0.2, 0.25) is 5.91 Å². The van der Waals surface area contributed by atoms with Crippen LogP contribution in [-0.2, 0) is 4.79 Å². The molecule has 2 N–H and O–H groups in total. The van der Waals surface area contributed by atoms with Gasteiger partial charge in [-0.2, -0.15) is 0 Å². The molecule has 2 saturated carbocycles. The maximum absolute atomic E-state index is 12.7. The molecule has 3 fully saturated rings. The first-order valence-electron chi connectivity index (χ1n) is 7.64. The highest BCUT2D eigenvalue weighted by atomic mass is 35.5. The average Bonchev–Trinajstić information content (AvgIpc) is 2.78. The van der Waals surface area contributed by atoms with Crippen molar-refractivity contribution in [3.8, 4) is 0 Å². The molecule has 0 aromatic heterocycles. The molecule has 3 aliphatic rings. The second kappa shape index (κ2) is 5.61. The third kappa shape index (κ3) is 2.78. The van der Waals surface area contributed by atoms with Crippen molar-refractivity contribution < 1.29 is 4.79 Å². The van der Waals surface area contributed by atoms with Crippen LogP contribution in [0.2, 0.25) is 0 Å². The number of fused-ring (bicyclic) bond motifs is 1. The predicted octanol–water partition coefficient (Wildman–Crippen LogP) is 2.35. The van der Waals surface area contributed by atoms with Crippen LogP contribution in [0.5, 0.6) is 0 Å². The SMILES string of the molecule is CC(C)CC1(C(=O)NC2C3CNCC32)CCCC1.Cl. The van der Waals surface area contributed by atoms with E-state index >= 15 is 0 Å². The first kappa shape index (κ1) is 15.1. The van der Waals surface area contributed by atoms with Crippen molar-refractivity contribution in [1.82, 2.24) is 10.6 Å². The van der Waals surface area contributed by atoms with E-state index < -0.39 is 0 Å². The Hall–Kier alpha value is -0.280. The molecule has 4 heteroatoms. The minimum absolute atomic E-state index is 0. The van der Waals surface area contributed by atoms with Crippen molar-refractivity contribution in [2.45, 2.75) is 52.0 Å². The van der Waals surface area contributed by atoms with Crippen LogP contribution in [0.1, 0.15) is 46.0 Å². The molecule has 1 saturated heterocycles. The summed E-state index contributed by atoms with van der Waals surface area (Å²) in [6, 6.07) is 0.489. The van der Waals surface area contributed by atoms with E-state index in [1.807, 2.05) is 0 Å². The van der Waals surface area contributed by atoms with Crippen molar-refractivity contribution in [2.75, 3.05) is 13.1 Å². The summed E-state index contributed by atoms with van der Waals surface area (Å²) in [7, 11) is 0. The minimum atomic E-state index is -0.0293. The van der Waals surface area contributed by atoms with Crippen LogP contribution in [-0.4, -0.2) is 25.0 Å². The lowest BCUT2D eigenvalue weighted by atomic mass is 9.77. The van der Waals surface area contributed by atoms with Gasteiger partial charge >= 0.3 is 0 Å². The molecule has 3 rings (SSSR count). The largest absolute Gasteiger partial charge is 0.352 e. The number of halogens is 1. The van der Waals surface area contributed by atoms with Crippen LogP contribution in [0.3, 0.4) is 0 Å². The van der Waals surface area contributed by atoms with Crippen molar-refractivity contribution in [3.63, 3.8) is 0 Å². The van der Waals surface area contributed by atoms with Crippen LogP contribution in [0.15, 0.2) is 0 Å². The van der Waals surface area contributed by atoms with E-state index in [9.17, 15) is 4.79 Å². The van der Waals surface area contributed by atoms with Crippen LogP contribution in [0.4, 0.5) is 0 Å². The van der Waals surface area contributed by atoms with E-state index in [1.54, 1.807) is 0 Å². The van der Waals surface area contributed by atoms with E-state index in [0.717, 1.165) is 44.2 Å². The lowest BCUT2D eigenvalue weighted by molar-refractivity contribution is -0.132. The minimum Gasteiger partial charge on any atom is -0.352 e. The fourth-order valence-electron chi connectivity index (χ4n) is 4.29. The lowest BCUT2D eigenvalue weighted by Crippen LogP contribution is -2.43. The van der Waals surface area contributed by atoms with Crippen molar-refractivity contribution in [3.05, 3.63) is 0 Å². The molecule has 3 nitrogen and oxygen atoms in total. The number of carbonyl (C=O) groups excluding carboxylic acids is 1. The normalized spacial score (nSPS) is 34.8. The van der Waals surface area contributed by atoms with Gasteiger partial charge in [0.15, 0.2) is 0 Å². The third-order valence-electron chi connectivity index (χ3n) is 5.23. The second-order valence-corrected chi connectivity index (χ2v) is 7.07. The third-order valence-corrected chi connectivity index (χ3v) is 5.23. The van der Waals surface area contributed by atoms with Gasteiger partial charge in [-0.25, -0.2) is 0 Å². The van der Waals surface area contributed by atoms with Crippen LogP contribution < -0.4 is 10.6 Å². The Labute approximate surface area is 122 Å². The zero-order chi connectivity index (χ0) is 12.8. The number of rotatable bonds is 4. The zero-order valence-electron chi connectivity index (χ0n) is 12.1. The van der Waals surface area contributed by atoms with Crippen LogP contribution in [0.25, 0.3) is 0 Å². The van der Waals surface area contributed by atoms with Crippen molar-refractivity contribution in [1.29, 1.82) is 0 Å². The number of hydrogen-bond donors (Lipinski definition) is 2. The highest BCUT2D eigenvalue weighted by molar-refractivity contribution is 5.85. The van der Waals surface area contributed by atoms with Gasteiger partial charge in [-0.15, -0.1) is 12.4 Å². The molecule has 1 aliphatic heterocycles. The van der Waals surface area contributed by atoms with Gasteiger partial charge in [0.25, 0.3) is 0 Å². The molecule has 2 unspecified atom stereocenters. The summed E-state index contributed by atoms with van der Waals surface area (Å²) < 4.78 is 0. The first-order chi connectivity index (χ1) is 8.62. The van der Waals surface area contributed by atoms with Crippen molar-refractivity contribution in [2.24, 2.45) is 23.2 Å². The lowest BCUT2D eigenvalue weighted by Gasteiger charge is -2.30. The van der Waals surface area contributed by atoms with Gasteiger partial charge in [-0.05, 0) is 37.0 Å². The Morgan fingerprint density at radius 3 is 2.37 bits per heavy atom. The maximum atomic E-state index is 12.7. The molecule has 1 heterocycles. The van der Waals surface area contributed by atoms with Gasteiger partial charge in [0.1, 0.15) is 0 Å². The van der Waals surface area contributed by atoms with E-state index in [1.165, 1.54) is 12.8 Å². The fourth-order valence-corrected chi connectivity index (χ4v) is 4.29. The van der Waals surface area contributed by atoms with E-state index in [0.29, 0.717) is 17.9 Å². The monoisotopic (exact) mass is 286 g/mol. The summed E-state index contributed by atoms with van der Waals surface area (Å²) in [4.78, 5) is 12.7. The van der Waals surface area contributed by atoms with Crippen LogP contribution in [0, 0.1) is 23.2 Å². The number of amides is 1. The summed E-state index contributed by atoms with van der Waals surface area (Å²) in [5.74, 6) is 2.44. The van der Waals surface area contributed by atoms with Gasteiger partial charge in [-0.3, -0.25) is 4.79 Å². The summed E-state index contributed by atoms with van der Waals surface area (Å²) in [5.41, 5.74) is -0.0293. The standard InChI is InChI=1S/C15H26N2O.ClH/c1-10(2)7-15(5-3-4-6-15)14(18)17-13-11-8-16-9-12(11)13;/h10-13,16H,3-9H2,1-2H3,(H,17,18);1H. The molecular weight excluding hydrogens is 260 g/mol. The second-order valence-electron chi connectivity index (χ2n) is 7.07. The van der Waals surface area contributed by atoms with Gasteiger partial charge in [-0.1, -0.05) is 26.7 Å². The summed E-state index contributed by atoms with van der Waals surface area (Å²) in [6.45, 7) is 6.69. The smallest absolute Gasteiger partial charge is 0.226 e. The van der Waals surface area contributed by atoms with Crippen LogP contribution >= 0.6 is 12.4 Å². The average molecular weight is 287 g/mol. The number of hydrogen-bond acceptors (Lipinski definition) is 2. The molecule has 1 amide bonds. The molecule has 0 radical (unpaired) electrons. The fraction of sp³-hybridized carbons (Fsp3) is 0.933.